The lowest BCUT2D eigenvalue weighted by Gasteiger charge is -2.32. The second-order valence-corrected chi connectivity index (χ2v) is 3.98. The molecule has 0 spiro atoms. The molecule has 84 valence electrons. The lowest BCUT2D eigenvalue weighted by Crippen LogP contribution is -2.47. The number of hydrogen-bond acceptors (Lipinski definition) is 2. The zero-order valence-electron chi connectivity index (χ0n) is 9.01. The number of rotatable bonds is 2. The van der Waals surface area contributed by atoms with Crippen molar-refractivity contribution < 1.29 is 14.7 Å². The highest BCUT2D eigenvalue weighted by atomic mass is 16.4. The average Bonchev–Trinajstić information content (AvgIpc) is 2.59. The highest BCUT2D eigenvalue weighted by Crippen LogP contribution is 2.38. The molecule has 1 amide bonds. The van der Waals surface area contributed by atoms with Crippen LogP contribution in [0.15, 0.2) is 30.3 Å². The summed E-state index contributed by atoms with van der Waals surface area (Å²) >= 11 is 0. The fraction of sp³-hybridized carbons (Fsp3) is 0.333. The van der Waals surface area contributed by atoms with E-state index in [9.17, 15) is 14.7 Å². The van der Waals surface area contributed by atoms with Crippen LogP contribution in [0.3, 0.4) is 0 Å². The minimum absolute atomic E-state index is 0.119. The monoisotopic (exact) mass is 219 g/mol. The molecule has 0 radical (unpaired) electrons. The van der Waals surface area contributed by atoms with Gasteiger partial charge in [-0.15, -0.1) is 0 Å². The van der Waals surface area contributed by atoms with Crippen LogP contribution < -0.4 is 0 Å². The highest BCUT2D eigenvalue weighted by molar-refractivity contribution is 5.91. The van der Waals surface area contributed by atoms with Crippen molar-refractivity contribution in [2.45, 2.75) is 18.4 Å². The summed E-state index contributed by atoms with van der Waals surface area (Å²) in [6, 6.07) is 8.91. The van der Waals surface area contributed by atoms with E-state index in [1.54, 1.807) is 31.3 Å². The van der Waals surface area contributed by atoms with Crippen LogP contribution in [0.1, 0.15) is 18.4 Å². The fourth-order valence-electron chi connectivity index (χ4n) is 2.26. The zero-order valence-corrected chi connectivity index (χ0v) is 9.01. The van der Waals surface area contributed by atoms with E-state index in [2.05, 4.69) is 0 Å². The van der Waals surface area contributed by atoms with Gasteiger partial charge in [0, 0.05) is 13.5 Å². The number of aliphatic carboxylic acids is 1. The van der Waals surface area contributed by atoms with Gasteiger partial charge in [-0.3, -0.25) is 4.79 Å². The van der Waals surface area contributed by atoms with Crippen molar-refractivity contribution in [3.05, 3.63) is 35.9 Å². The SMILES string of the molecule is CN1C(=O)CC[C@@]1(C(=O)O)c1ccccc1. The quantitative estimate of drug-likeness (QED) is 0.813. The van der Waals surface area contributed by atoms with Gasteiger partial charge in [0.2, 0.25) is 5.91 Å². The third kappa shape index (κ3) is 1.30. The van der Waals surface area contributed by atoms with Crippen LogP contribution in [-0.2, 0) is 15.1 Å². The molecule has 1 N–H and O–H groups in total. The van der Waals surface area contributed by atoms with Crippen molar-refractivity contribution in [2.24, 2.45) is 0 Å². The summed E-state index contributed by atoms with van der Waals surface area (Å²) in [5.41, 5.74) is -0.519. The Hall–Kier alpha value is -1.84. The molecule has 1 aromatic carbocycles. The Morgan fingerprint density at radius 1 is 1.38 bits per heavy atom. The molecule has 1 fully saturated rings. The van der Waals surface area contributed by atoms with E-state index in [4.69, 9.17) is 0 Å². The molecular weight excluding hydrogens is 206 g/mol. The fourth-order valence-corrected chi connectivity index (χ4v) is 2.26. The summed E-state index contributed by atoms with van der Waals surface area (Å²) in [6.07, 6.45) is 0.624. The molecule has 1 saturated heterocycles. The first-order valence-corrected chi connectivity index (χ1v) is 5.14. The Morgan fingerprint density at radius 2 is 2.00 bits per heavy atom. The Kier molecular flexibility index (Phi) is 2.42. The first kappa shape index (κ1) is 10.7. The molecular formula is C12H13NO3. The third-order valence-corrected chi connectivity index (χ3v) is 3.25. The number of benzene rings is 1. The largest absolute Gasteiger partial charge is 0.479 e. The Bertz CT molecular complexity index is 429. The van der Waals surface area contributed by atoms with Crippen LogP contribution in [0.25, 0.3) is 0 Å². The first-order valence-electron chi connectivity index (χ1n) is 5.14. The molecule has 1 heterocycles. The number of amides is 1. The van der Waals surface area contributed by atoms with Gasteiger partial charge in [-0.05, 0) is 12.0 Å². The van der Waals surface area contributed by atoms with Gasteiger partial charge < -0.3 is 10.0 Å². The van der Waals surface area contributed by atoms with Gasteiger partial charge >= 0.3 is 5.97 Å². The van der Waals surface area contributed by atoms with Crippen molar-refractivity contribution in [1.29, 1.82) is 0 Å². The molecule has 1 aromatic rings. The smallest absolute Gasteiger partial charge is 0.334 e. The minimum atomic E-state index is -1.18. The Labute approximate surface area is 93.5 Å². The first-order chi connectivity index (χ1) is 7.59. The van der Waals surface area contributed by atoms with Crippen molar-refractivity contribution in [3.63, 3.8) is 0 Å². The van der Waals surface area contributed by atoms with Gasteiger partial charge in [0.15, 0.2) is 5.54 Å². The van der Waals surface area contributed by atoms with Crippen molar-refractivity contribution >= 4 is 11.9 Å². The van der Waals surface area contributed by atoms with Crippen LogP contribution >= 0.6 is 0 Å². The van der Waals surface area contributed by atoms with Gasteiger partial charge in [-0.25, -0.2) is 4.79 Å². The second-order valence-electron chi connectivity index (χ2n) is 3.98. The normalized spacial score (nSPS) is 24.8. The van der Waals surface area contributed by atoms with E-state index < -0.39 is 11.5 Å². The summed E-state index contributed by atoms with van der Waals surface area (Å²) in [7, 11) is 1.55. The summed E-state index contributed by atoms with van der Waals surface area (Å²) in [6.45, 7) is 0. The summed E-state index contributed by atoms with van der Waals surface area (Å²) in [5.74, 6) is -1.08. The molecule has 1 aliphatic heterocycles. The van der Waals surface area contributed by atoms with Crippen LogP contribution in [0, 0.1) is 0 Å². The van der Waals surface area contributed by atoms with E-state index in [-0.39, 0.29) is 12.3 Å². The van der Waals surface area contributed by atoms with Crippen LogP contribution in [0.5, 0.6) is 0 Å². The van der Waals surface area contributed by atoms with Crippen LogP contribution in [-0.4, -0.2) is 28.9 Å². The molecule has 0 saturated carbocycles. The van der Waals surface area contributed by atoms with E-state index in [1.807, 2.05) is 6.07 Å². The number of likely N-dealkylation sites (N-methyl/N-ethyl adjacent to an activating group) is 1. The summed E-state index contributed by atoms with van der Waals surface area (Å²) in [5, 5.41) is 9.41. The summed E-state index contributed by atoms with van der Waals surface area (Å²) in [4.78, 5) is 24.4. The predicted octanol–water partition coefficient (Wildman–Crippen LogP) is 1.22. The minimum Gasteiger partial charge on any atom is -0.479 e. The van der Waals surface area contributed by atoms with Crippen molar-refractivity contribution in [2.75, 3.05) is 7.05 Å². The maximum Gasteiger partial charge on any atom is 0.334 e. The average molecular weight is 219 g/mol. The van der Waals surface area contributed by atoms with Crippen LogP contribution in [0.4, 0.5) is 0 Å². The van der Waals surface area contributed by atoms with Crippen LogP contribution in [0.2, 0.25) is 0 Å². The van der Waals surface area contributed by atoms with Crippen molar-refractivity contribution in [3.8, 4) is 0 Å². The zero-order chi connectivity index (χ0) is 11.8. The van der Waals surface area contributed by atoms with Crippen molar-refractivity contribution in [1.82, 2.24) is 4.90 Å². The molecule has 1 atom stereocenters. The number of carbonyl (C=O) groups is 2. The lowest BCUT2D eigenvalue weighted by molar-refractivity contribution is -0.153. The Morgan fingerprint density at radius 3 is 2.44 bits per heavy atom. The number of hydrogen-bond donors (Lipinski definition) is 1. The van der Waals surface area contributed by atoms with Gasteiger partial charge in [0.05, 0.1) is 0 Å². The molecule has 16 heavy (non-hydrogen) atoms. The number of likely N-dealkylation sites (tertiary alicyclic amines) is 1. The molecule has 1 aliphatic rings. The summed E-state index contributed by atoms with van der Waals surface area (Å²) < 4.78 is 0. The van der Waals surface area contributed by atoms with Gasteiger partial charge in [0.1, 0.15) is 0 Å². The molecule has 0 aliphatic carbocycles. The molecule has 4 heteroatoms. The lowest BCUT2D eigenvalue weighted by atomic mass is 9.87. The number of carboxylic acid groups (broad SMARTS) is 1. The standard InChI is InChI=1S/C12H13NO3/c1-13-10(14)7-8-12(13,11(15)16)9-5-3-2-4-6-9/h2-6H,7-8H2,1H3,(H,15,16)/t12-/m0/s1. The predicted molar refractivity (Wildman–Crippen MR) is 57.8 cm³/mol. The molecule has 2 rings (SSSR count). The molecule has 0 unspecified atom stereocenters. The maximum absolute atomic E-state index is 11.5. The van der Waals surface area contributed by atoms with Gasteiger partial charge in [-0.1, -0.05) is 30.3 Å². The molecule has 0 aromatic heterocycles. The van der Waals surface area contributed by atoms with E-state index in [1.165, 1.54) is 4.90 Å². The number of nitrogens with zero attached hydrogens (tertiary/aromatic N) is 1. The third-order valence-electron chi connectivity index (χ3n) is 3.25. The maximum atomic E-state index is 11.5. The van der Waals surface area contributed by atoms with E-state index in [0.29, 0.717) is 12.0 Å². The van der Waals surface area contributed by atoms with E-state index >= 15 is 0 Å². The van der Waals surface area contributed by atoms with E-state index in [0.717, 1.165) is 0 Å². The second kappa shape index (κ2) is 3.63. The van der Waals surface area contributed by atoms with Gasteiger partial charge in [-0.2, -0.15) is 0 Å². The highest BCUT2D eigenvalue weighted by Gasteiger charge is 2.50. The molecule has 4 nitrogen and oxygen atoms in total. The Balaban J connectivity index is 2.54. The van der Waals surface area contributed by atoms with Gasteiger partial charge in [0.25, 0.3) is 0 Å². The number of carboxylic acids is 1. The molecule has 0 bridgehead atoms. The number of carbonyl (C=O) groups excluding carboxylic acids is 1. The topological polar surface area (TPSA) is 57.6 Å².